The fourth-order valence-corrected chi connectivity index (χ4v) is 1.55. The van der Waals surface area contributed by atoms with Gasteiger partial charge in [-0.25, -0.2) is 4.79 Å². The smallest absolute Gasteiger partial charge is 0.432 e. The van der Waals surface area contributed by atoms with Crippen molar-refractivity contribution in [2.45, 2.75) is 24.9 Å². The molecule has 0 aromatic heterocycles. The minimum atomic E-state index is -5.54. The van der Waals surface area contributed by atoms with E-state index >= 15 is 0 Å². The molecule has 0 bridgehead atoms. The summed E-state index contributed by atoms with van der Waals surface area (Å²) in [6, 6.07) is 1.81. The van der Waals surface area contributed by atoms with Crippen LogP contribution < -0.4 is 0 Å². The highest BCUT2D eigenvalue weighted by Gasteiger charge is 2.62. The summed E-state index contributed by atoms with van der Waals surface area (Å²) < 4.78 is 80.6. The van der Waals surface area contributed by atoms with E-state index in [0.717, 1.165) is 0 Å². The summed E-state index contributed by atoms with van der Waals surface area (Å²) in [6.07, 6.45) is -10.5. The Balaban J connectivity index is 3.45. The predicted octanol–water partition coefficient (Wildman–Crippen LogP) is 3.02. The maximum Gasteiger partial charge on any atom is 0.432 e. The summed E-state index contributed by atoms with van der Waals surface area (Å²) in [4.78, 5) is 11.4. The second-order valence-electron chi connectivity index (χ2n) is 4.01. The highest BCUT2D eigenvalue weighted by atomic mass is 19.4. The van der Waals surface area contributed by atoms with Crippen molar-refractivity contribution in [1.82, 2.24) is 0 Å². The fraction of sp³-hybridized carbons (Fsp3) is 0.417. The molecule has 0 aliphatic heterocycles. The zero-order valence-electron chi connectivity index (χ0n) is 10.5. The lowest BCUT2D eigenvalue weighted by molar-refractivity contribution is -0.268. The van der Waals surface area contributed by atoms with Gasteiger partial charge in [0.15, 0.2) is 0 Å². The van der Waals surface area contributed by atoms with Gasteiger partial charge in [-0.3, -0.25) is 0 Å². The van der Waals surface area contributed by atoms with E-state index in [2.05, 4.69) is 4.74 Å². The van der Waals surface area contributed by atoms with E-state index in [1.165, 1.54) is 6.92 Å². The normalized spacial score (nSPS) is 15.4. The lowest BCUT2D eigenvalue weighted by atomic mass is 9.91. The van der Waals surface area contributed by atoms with Crippen LogP contribution in [-0.4, -0.2) is 23.9 Å². The molecule has 3 nitrogen and oxygen atoms in total. The molecule has 0 saturated heterocycles. The minimum Gasteiger partial charge on any atom is -0.463 e. The molecule has 118 valence electrons. The van der Waals surface area contributed by atoms with Gasteiger partial charge in [-0.2, -0.15) is 26.3 Å². The quantitative estimate of drug-likeness (QED) is 0.689. The molecule has 1 rings (SSSR count). The largest absolute Gasteiger partial charge is 0.463 e. The molecule has 1 atom stereocenters. The lowest BCUT2D eigenvalue weighted by Gasteiger charge is -2.28. The topological polar surface area (TPSA) is 46.5 Å². The SMILES string of the molecule is CCOC(=O)C(O)(c1cccc(C(F)(F)F)c1)C(F)(F)F. The fourth-order valence-electron chi connectivity index (χ4n) is 1.55. The molecule has 9 heteroatoms. The van der Waals surface area contributed by atoms with Gasteiger partial charge >= 0.3 is 18.3 Å². The zero-order valence-corrected chi connectivity index (χ0v) is 10.5. The van der Waals surface area contributed by atoms with Crippen molar-refractivity contribution < 1.29 is 41.0 Å². The van der Waals surface area contributed by atoms with Crippen LogP contribution in [0.15, 0.2) is 24.3 Å². The number of rotatable bonds is 3. The Kier molecular flexibility index (Phi) is 4.57. The van der Waals surface area contributed by atoms with Crippen molar-refractivity contribution in [1.29, 1.82) is 0 Å². The van der Waals surface area contributed by atoms with Gasteiger partial charge < -0.3 is 9.84 Å². The Hall–Kier alpha value is -1.77. The molecule has 0 fully saturated rings. The first-order chi connectivity index (χ1) is 9.44. The zero-order chi connectivity index (χ0) is 16.5. The van der Waals surface area contributed by atoms with Crippen LogP contribution in [0, 0.1) is 0 Å². The molecule has 1 aromatic rings. The van der Waals surface area contributed by atoms with Crippen molar-refractivity contribution in [2.75, 3.05) is 6.61 Å². The summed E-state index contributed by atoms with van der Waals surface area (Å²) >= 11 is 0. The van der Waals surface area contributed by atoms with Crippen molar-refractivity contribution in [3.05, 3.63) is 35.4 Å². The summed E-state index contributed by atoms with van der Waals surface area (Å²) in [5, 5.41) is 9.64. The molecule has 0 spiro atoms. The molecule has 1 unspecified atom stereocenters. The number of hydrogen-bond acceptors (Lipinski definition) is 3. The third-order valence-corrected chi connectivity index (χ3v) is 2.59. The molecule has 1 N–H and O–H groups in total. The molecular formula is C12H10F6O3. The van der Waals surface area contributed by atoms with Crippen molar-refractivity contribution >= 4 is 5.97 Å². The maximum atomic E-state index is 13.0. The van der Waals surface area contributed by atoms with Gasteiger partial charge in [0, 0.05) is 5.56 Å². The lowest BCUT2D eigenvalue weighted by Crippen LogP contribution is -2.50. The molecular weight excluding hydrogens is 306 g/mol. The number of hydrogen-bond donors (Lipinski definition) is 1. The van der Waals surface area contributed by atoms with Crippen LogP contribution >= 0.6 is 0 Å². The van der Waals surface area contributed by atoms with Crippen molar-refractivity contribution in [3.8, 4) is 0 Å². The predicted molar refractivity (Wildman–Crippen MR) is 58.0 cm³/mol. The van der Waals surface area contributed by atoms with Crippen LogP contribution in [0.2, 0.25) is 0 Å². The Morgan fingerprint density at radius 2 is 1.67 bits per heavy atom. The van der Waals surface area contributed by atoms with Gasteiger partial charge in [-0.15, -0.1) is 0 Å². The number of carbonyl (C=O) groups is 1. The maximum absolute atomic E-state index is 13.0. The number of benzene rings is 1. The van der Waals surface area contributed by atoms with E-state index in [1.54, 1.807) is 0 Å². The number of halogens is 6. The van der Waals surface area contributed by atoms with Gasteiger partial charge in [-0.1, -0.05) is 12.1 Å². The van der Waals surface area contributed by atoms with Crippen LogP contribution in [0.5, 0.6) is 0 Å². The first-order valence-corrected chi connectivity index (χ1v) is 5.58. The highest BCUT2D eigenvalue weighted by molar-refractivity contribution is 5.82. The number of esters is 1. The molecule has 0 aliphatic carbocycles. The molecule has 0 saturated carbocycles. The number of aliphatic hydroxyl groups is 1. The molecule has 1 aromatic carbocycles. The first kappa shape index (κ1) is 17.3. The number of ether oxygens (including phenoxy) is 1. The summed E-state index contributed by atoms with van der Waals surface area (Å²) in [7, 11) is 0. The molecule has 21 heavy (non-hydrogen) atoms. The van der Waals surface area contributed by atoms with Gasteiger partial charge in [-0.05, 0) is 19.1 Å². The van der Waals surface area contributed by atoms with E-state index < -0.39 is 41.7 Å². The molecule has 0 radical (unpaired) electrons. The highest BCUT2D eigenvalue weighted by Crippen LogP contribution is 2.41. The van der Waals surface area contributed by atoms with Gasteiger partial charge in [0.25, 0.3) is 5.60 Å². The van der Waals surface area contributed by atoms with E-state index in [0.29, 0.717) is 18.2 Å². The van der Waals surface area contributed by atoms with Crippen molar-refractivity contribution in [3.63, 3.8) is 0 Å². The van der Waals surface area contributed by atoms with Gasteiger partial charge in [0.05, 0.1) is 12.2 Å². The second kappa shape index (κ2) is 5.55. The third kappa shape index (κ3) is 3.29. The monoisotopic (exact) mass is 316 g/mol. The average molecular weight is 316 g/mol. The molecule has 0 aliphatic rings. The second-order valence-corrected chi connectivity index (χ2v) is 4.01. The minimum absolute atomic E-state index is 0.0599. The van der Waals surface area contributed by atoms with Gasteiger partial charge in [0.1, 0.15) is 0 Å². The molecule has 0 heterocycles. The number of alkyl halides is 6. The van der Waals surface area contributed by atoms with E-state index in [4.69, 9.17) is 0 Å². The summed E-state index contributed by atoms with van der Waals surface area (Å²) in [6.45, 7) is 0.719. The van der Waals surface area contributed by atoms with E-state index in [1.807, 2.05) is 0 Å². The van der Waals surface area contributed by atoms with Crippen molar-refractivity contribution in [2.24, 2.45) is 0 Å². The summed E-state index contributed by atoms with van der Waals surface area (Å²) in [5.41, 5.74) is -6.85. The van der Waals surface area contributed by atoms with E-state index in [-0.39, 0.29) is 6.07 Å². The van der Waals surface area contributed by atoms with Crippen LogP contribution in [0.1, 0.15) is 18.1 Å². The first-order valence-electron chi connectivity index (χ1n) is 5.58. The Labute approximate surface area is 115 Å². The Morgan fingerprint density at radius 3 is 2.10 bits per heavy atom. The Morgan fingerprint density at radius 1 is 1.14 bits per heavy atom. The Bertz CT molecular complexity index is 522. The standard InChI is InChI=1S/C12H10F6O3/c1-2-21-9(19)10(20,12(16,17)18)7-4-3-5-8(6-7)11(13,14)15/h3-6,20H,2H2,1H3. The third-order valence-electron chi connectivity index (χ3n) is 2.59. The van der Waals surface area contributed by atoms with E-state index in [9.17, 15) is 36.2 Å². The van der Waals surface area contributed by atoms with Crippen LogP contribution in [-0.2, 0) is 21.3 Å². The summed E-state index contributed by atoms with van der Waals surface area (Å²) in [5.74, 6) is -2.09. The average Bonchev–Trinajstić information content (AvgIpc) is 2.35. The van der Waals surface area contributed by atoms with Gasteiger partial charge in [0.2, 0.25) is 0 Å². The number of carbonyl (C=O) groups excluding carboxylic acids is 1. The van der Waals surface area contributed by atoms with Crippen LogP contribution in [0.25, 0.3) is 0 Å². The van der Waals surface area contributed by atoms with Crippen LogP contribution in [0.3, 0.4) is 0 Å². The van der Waals surface area contributed by atoms with Crippen LogP contribution in [0.4, 0.5) is 26.3 Å². The molecule has 0 amide bonds.